The highest BCUT2D eigenvalue weighted by atomic mass is 35.7. The van der Waals surface area contributed by atoms with Crippen molar-refractivity contribution in [3.05, 3.63) is 18.0 Å². The fourth-order valence-corrected chi connectivity index (χ4v) is 2.58. The first-order chi connectivity index (χ1) is 9.29. The van der Waals surface area contributed by atoms with E-state index in [2.05, 4.69) is 5.32 Å². The van der Waals surface area contributed by atoms with Crippen LogP contribution >= 0.6 is 10.7 Å². The molecule has 0 aromatic carbocycles. The monoisotopic (exact) mass is 322 g/mol. The Labute approximate surface area is 123 Å². The van der Waals surface area contributed by atoms with E-state index < -0.39 is 9.05 Å². The molecule has 1 atom stereocenters. The summed E-state index contributed by atoms with van der Waals surface area (Å²) >= 11 is 0. The average Bonchev–Trinajstić information content (AvgIpc) is 2.73. The van der Waals surface area contributed by atoms with Crippen LogP contribution in [0.4, 0.5) is 0 Å². The summed E-state index contributed by atoms with van der Waals surface area (Å²) in [4.78, 5) is 12.1. The smallest absolute Gasteiger partial charge is 0.268 e. The Balaban J connectivity index is 3.03. The molecule has 0 saturated heterocycles. The number of halogens is 1. The standard InChI is InChI=1S/C12H19ClN2O4S/c1-4-5-15-7-10(20(13,17)18)6-11(15)12(16)14-9(2)8-19-3/h6-7,9H,4-5,8H2,1-3H3,(H,14,16). The molecule has 1 unspecified atom stereocenters. The summed E-state index contributed by atoms with van der Waals surface area (Å²) in [5.41, 5.74) is 0.272. The molecule has 0 aliphatic rings. The van der Waals surface area contributed by atoms with E-state index in [1.54, 1.807) is 18.6 Å². The van der Waals surface area contributed by atoms with Gasteiger partial charge in [-0.25, -0.2) is 8.42 Å². The van der Waals surface area contributed by atoms with Crippen LogP contribution in [0.25, 0.3) is 0 Å². The molecule has 1 rings (SSSR count). The van der Waals surface area contributed by atoms with Crippen LogP contribution in [0.15, 0.2) is 17.2 Å². The molecule has 1 heterocycles. The van der Waals surface area contributed by atoms with Crippen molar-refractivity contribution in [1.29, 1.82) is 0 Å². The lowest BCUT2D eigenvalue weighted by Crippen LogP contribution is -2.36. The third-order valence-electron chi connectivity index (χ3n) is 2.64. The quantitative estimate of drug-likeness (QED) is 0.773. The molecule has 1 N–H and O–H groups in total. The molecule has 0 aliphatic heterocycles. The maximum atomic E-state index is 12.1. The highest BCUT2D eigenvalue weighted by molar-refractivity contribution is 8.13. The van der Waals surface area contributed by atoms with E-state index in [-0.39, 0.29) is 22.5 Å². The second kappa shape index (κ2) is 7.10. The minimum atomic E-state index is -3.85. The third-order valence-corrected chi connectivity index (χ3v) is 3.97. The molecule has 0 radical (unpaired) electrons. The second-order valence-corrected chi connectivity index (χ2v) is 7.09. The molecule has 20 heavy (non-hydrogen) atoms. The summed E-state index contributed by atoms with van der Waals surface area (Å²) in [5, 5.41) is 2.74. The number of hydrogen-bond donors (Lipinski definition) is 1. The molecule has 1 aromatic rings. The largest absolute Gasteiger partial charge is 0.383 e. The maximum absolute atomic E-state index is 12.1. The van der Waals surface area contributed by atoms with Crippen molar-refractivity contribution < 1.29 is 17.9 Å². The Morgan fingerprint density at radius 3 is 2.70 bits per heavy atom. The van der Waals surface area contributed by atoms with Crippen LogP contribution in [0.5, 0.6) is 0 Å². The molecule has 1 aromatic heterocycles. The van der Waals surface area contributed by atoms with Gasteiger partial charge in [0, 0.05) is 36.6 Å². The molecule has 0 aliphatic carbocycles. The van der Waals surface area contributed by atoms with Crippen molar-refractivity contribution >= 4 is 25.6 Å². The van der Waals surface area contributed by atoms with E-state index in [1.165, 1.54) is 12.3 Å². The zero-order chi connectivity index (χ0) is 15.3. The number of hydrogen-bond acceptors (Lipinski definition) is 4. The fourth-order valence-electron chi connectivity index (χ4n) is 1.82. The lowest BCUT2D eigenvalue weighted by atomic mass is 10.3. The number of carbonyl (C=O) groups is 1. The predicted molar refractivity (Wildman–Crippen MR) is 76.6 cm³/mol. The number of nitrogens with one attached hydrogen (secondary N) is 1. The van der Waals surface area contributed by atoms with Crippen LogP contribution in [0, 0.1) is 0 Å². The molecule has 1 amide bonds. The molecule has 0 spiro atoms. The van der Waals surface area contributed by atoms with E-state index in [0.717, 1.165) is 6.42 Å². The number of ether oxygens (including phenoxy) is 1. The Morgan fingerprint density at radius 1 is 1.55 bits per heavy atom. The van der Waals surface area contributed by atoms with Gasteiger partial charge in [0.2, 0.25) is 0 Å². The summed E-state index contributed by atoms with van der Waals surface area (Å²) in [6, 6.07) is 1.11. The lowest BCUT2D eigenvalue weighted by Gasteiger charge is -2.13. The van der Waals surface area contributed by atoms with Gasteiger partial charge in [-0.1, -0.05) is 6.92 Å². The van der Waals surface area contributed by atoms with Crippen LogP contribution in [0.3, 0.4) is 0 Å². The van der Waals surface area contributed by atoms with Gasteiger partial charge >= 0.3 is 0 Å². The van der Waals surface area contributed by atoms with Crippen molar-refractivity contribution in [3.8, 4) is 0 Å². The van der Waals surface area contributed by atoms with E-state index in [1.807, 2.05) is 6.92 Å². The summed E-state index contributed by atoms with van der Waals surface area (Å²) in [6.07, 6.45) is 2.14. The van der Waals surface area contributed by atoms with Gasteiger partial charge in [0.15, 0.2) is 0 Å². The second-order valence-electron chi connectivity index (χ2n) is 4.52. The average molecular weight is 323 g/mol. The van der Waals surface area contributed by atoms with Crippen molar-refractivity contribution in [2.75, 3.05) is 13.7 Å². The Hall–Kier alpha value is -1.05. The van der Waals surface area contributed by atoms with E-state index in [0.29, 0.717) is 13.2 Å². The highest BCUT2D eigenvalue weighted by Gasteiger charge is 2.20. The van der Waals surface area contributed by atoms with E-state index >= 15 is 0 Å². The summed E-state index contributed by atoms with van der Waals surface area (Å²) in [7, 11) is 3.01. The Morgan fingerprint density at radius 2 is 2.20 bits per heavy atom. The topological polar surface area (TPSA) is 77.4 Å². The third kappa shape index (κ3) is 4.50. The minimum absolute atomic E-state index is 0.0721. The summed E-state index contributed by atoms with van der Waals surface area (Å²) in [5.74, 6) is -0.352. The van der Waals surface area contributed by atoms with Crippen LogP contribution in [-0.4, -0.2) is 38.7 Å². The van der Waals surface area contributed by atoms with Gasteiger partial charge in [0.1, 0.15) is 10.6 Å². The molecule has 6 nitrogen and oxygen atoms in total. The van der Waals surface area contributed by atoms with Gasteiger partial charge in [0.05, 0.1) is 6.61 Å². The minimum Gasteiger partial charge on any atom is -0.383 e. The Bertz CT molecular complexity index is 568. The first-order valence-electron chi connectivity index (χ1n) is 6.24. The molecular formula is C12H19ClN2O4S. The first kappa shape index (κ1) is 17.0. The fraction of sp³-hybridized carbons (Fsp3) is 0.583. The van der Waals surface area contributed by atoms with Gasteiger partial charge in [0.25, 0.3) is 15.0 Å². The van der Waals surface area contributed by atoms with E-state index in [9.17, 15) is 13.2 Å². The van der Waals surface area contributed by atoms with E-state index in [4.69, 9.17) is 15.4 Å². The van der Waals surface area contributed by atoms with Crippen molar-refractivity contribution in [3.63, 3.8) is 0 Å². The maximum Gasteiger partial charge on any atom is 0.268 e. The van der Waals surface area contributed by atoms with Crippen molar-refractivity contribution in [2.45, 2.75) is 37.8 Å². The number of aromatic nitrogens is 1. The summed E-state index contributed by atoms with van der Waals surface area (Å²) in [6.45, 7) is 4.65. The lowest BCUT2D eigenvalue weighted by molar-refractivity contribution is 0.0896. The van der Waals surface area contributed by atoms with Crippen LogP contribution in [0.1, 0.15) is 30.8 Å². The number of aryl methyl sites for hydroxylation is 1. The SMILES string of the molecule is CCCn1cc(S(=O)(=O)Cl)cc1C(=O)NC(C)COC. The Kier molecular flexibility index (Phi) is 6.04. The van der Waals surface area contributed by atoms with Crippen molar-refractivity contribution in [1.82, 2.24) is 9.88 Å². The van der Waals surface area contributed by atoms with Crippen LogP contribution in [0.2, 0.25) is 0 Å². The van der Waals surface area contributed by atoms with Gasteiger partial charge in [-0.05, 0) is 19.4 Å². The van der Waals surface area contributed by atoms with Gasteiger partial charge in [-0.2, -0.15) is 0 Å². The molecular weight excluding hydrogens is 304 g/mol. The predicted octanol–water partition coefficient (Wildman–Crippen LogP) is 1.59. The van der Waals surface area contributed by atoms with Gasteiger partial charge < -0.3 is 14.6 Å². The number of carbonyl (C=O) groups excluding carboxylic acids is 1. The summed E-state index contributed by atoms with van der Waals surface area (Å²) < 4.78 is 29.2. The van der Waals surface area contributed by atoms with Crippen LogP contribution < -0.4 is 5.32 Å². The normalized spacial score (nSPS) is 13.2. The zero-order valence-electron chi connectivity index (χ0n) is 11.7. The number of rotatable bonds is 7. The highest BCUT2D eigenvalue weighted by Crippen LogP contribution is 2.19. The number of methoxy groups -OCH3 is 1. The first-order valence-corrected chi connectivity index (χ1v) is 8.55. The molecule has 0 bridgehead atoms. The van der Waals surface area contributed by atoms with Crippen LogP contribution in [-0.2, 0) is 20.3 Å². The number of amides is 1. The molecule has 8 heteroatoms. The van der Waals surface area contributed by atoms with Crippen molar-refractivity contribution in [2.24, 2.45) is 0 Å². The van der Waals surface area contributed by atoms with Gasteiger partial charge in [-0.15, -0.1) is 0 Å². The van der Waals surface area contributed by atoms with Gasteiger partial charge in [-0.3, -0.25) is 4.79 Å². The molecule has 0 fully saturated rings. The number of nitrogens with zero attached hydrogens (tertiary/aromatic N) is 1. The molecule has 114 valence electrons. The zero-order valence-corrected chi connectivity index (χ0v) is 13.3. The molecule has 0 saturated carbocycles.